The summed E-state index contributed by atoms with van der Waals surface area (Å²) in [6, 6.07) is 8.27. The fraction of sp³-hybridized carbons (Fsp3) is 0.316. The van der Waals surface area contributed by atoms with Crippen LogP contribution in [0.1, 0.15) is 17.5 Å². The largest absolute Gasteiger partial charge is 0.490 e. The van der Waals surface area contributed by atoms with E-state index >= 15 is 0 Å². The molecule has 2 aromatic rings. The average molecular weight is 501 g/mol. The van der Waals surface area contributed by atoms with E-state index in [0.717, 1.165) is 12.1 Å². The molecule has 0 aromatic heterocycles. The fourth-order valence-electron chi connectivity index (χ4n) is 2.97. The highest BCUT2D eigenvalue weighted by Gasteiger charge is 2.17. The normalized spacial score (nSPS) is 15.5. The fourth-order valence-corrected chi connectivity index (χ4v) is 2.97. The van der Waals surface area contributed by atoms with Gasteiger partial charge in [-0.1, -0.05) is 0 Å². The SMILES string of the molecule is I.NC(=NCc1cc(F)cc2c1OCOC2)Nc1ccc2c(c1)OCCCO2. The second kappa shape index (κ2) is 9.28. The molecule has 0 saturated carbocycles. The van der Waals surface area contributed by atoms with Gasteiger partial charge in [0.25, 0.3) is 0 Å². The average Bonchev–Trinajstić information content (AvgIpc) is 2.91. The summed E-state index contributed by atoms with van der Waals surface area (Å²) in [4.78, 5) is 4.29. The number of nitrogens with one attached hydrogen (secondary N) is 1. The molecule has 0 saturated heterocycles. The second-order valence-corrected chi connectivity index (χ2v) is 6.20. The van der Waals surface area contributed by atoms with E-state index in [0.29, 0.717) is 48.2 Å². The van der Waals surface area contributed by atoms with E-state index in [4.69, 9.17) is 24.7 Å². The first-order valence-electron chi connectivity index (χ1n) is 8.67. The lowest BCUT2D eigenvalue weighted by Crippen LogP contribution is -2.22. The first-order valence-corrected chi connectivity index (χ1v) is 8.67. The number of halogens is 2. The van der Waals surface area contributed by atoms with E-state index in [1.54, 1.807) is 0 Å². The number of nitrogens with zero attached hydrogens (tertiary/aromatic N) is 1. The Kier molecular flexibility index (Phi) is 6.79. The minimum absolute atomic E-state index is 0. The molecule has 0 radical (unpaired) electrons. The maximum absolute atomic E-state index is 13.8. The number of rotatable bonds is 3. The van der Waals surface area contributed by atoms with Crippen LogP contribution in [0.2, 0.25) is 0 Å². The molecule has 28 heavy (non-hydrogen) atoms. The Morgan fingerprint density at radius 2 is 1.93 bits per heavy atom. The molecule has 150 valence electrons. The van der Waals surface area contributed by atoms with Crippen molar-refractivity contribution in [1.82, 2.24) is 0 Å². The van der Waals surface area contributed by atoms with Gasteiger partial charge in [0, 0.05) is 29.3 Å². The van der Waals surface area contributed by atoms with Gasteiger partial charge in [0.2, 0.25) is 0 Å². The third-order valence-electron chi connectivity index (χ3n) is 4.19. The highest BCUT2D eigenvalue weighted by atomic mass is 127. The van der Waals surface area contributed by atoms with Crippen LogP contribution in [0.5, 0.6) is 17.2 Å². The standard InChI is InChI=1S/C19H20FN3O4.HI/c20-14-6-12(18-13(7-14)10-24-11-27-18)9-22-19(21)23-15-2-3-16-17(8-15)26-5-1-4-25-16;/h2-3,6-8H,1,4-5,9-11H2,(H3,21,22,23);1H. The van der Waals surface area contributed by atoms with Crippen LogP contribution in [0.4, 0.5) is 10.1 Å². The van der Waals surface area contributed by atoms with Gasteiger partial charge in [0.1, 0.15) is 11.6 Å². The van der Waals surface area contributed by atoms with Crippen molar-refractivity contribution in [2.75, 3.05) is 25.3 Å². The molecular weight excluding hydrogens is 480 g/mol. The number of guanidine groups is 1. The van der Waals surface area contributed by atoms with E-state index < -0.39 is 0 Å². The van der Waals surface area contributed by atoms with Crippen molar-refractivity contribution >= 4 is 35.6 Å². The highest BCUT2D eigenvalue weighted by Crippen LogP contribution is 2.32. The number of benzene rings is 2. The number of ether oxygens (including phenoxy) is 4. The second-order valence-electron chi connectivity index (χ2n) is 6.20. The molecule has 0 aliphatic carbocycles. The molecule has 2 aromatic carbocycles. The molecule has 2 heterocycles. The topological polar surface area (TPSA) is 87.3 Å². The molecule has 0 atom stereocenters. The summed E-state index contributed by atoms with van der Waals surface area (Å²) in [7, 11) is 0. The minimum Gasteiger partial charge on any atom is -0.490 e. The molecule has 9 heteroatoms. The summed E-state index contributed by atoms with van der Waals surface area (Å²) >= 11 is 0. The van der Waals surface area contributed by atoms with Gasteiger partial charge in [-0.2, -0.15) is 0 Å². The van der Waals surface area contributed by atoms with E-state index in [-0.39, 0.29) is 49.1 Å². The summed E-state index contributed by atoms with van der Waals surface area (Å²) < 4.78 is 35.7. The quantitative estimate of drug-likeness (QED) is 0.381. The lowest BCUT2D eigenvalue weighted by molar-refractivity contribution is -0.0172. The summed E-state index contributed by atoms with van der Waals surface area (Å²) in [5, 5.41) is 3.01. The van der Waals surface area contributed by atoms with Gasteiger partial charge >= 0.3 is 0 Å². The first-order chi connectivity index (χ1) is 13.2. The predicted octanol–water partition coefficient (Wildman–Crippen LogP) is 3.40. The Hall–Kier alpha value is -2.27. The Morgan fingerprint density at radius 1 is 1.11 bits per heavy atom. The van der Waals surface area contributed by atoms with Gasteiger partial charge < -0.3 is 30.0 Å². The monoisotopic (exact) mass is 501 g/mol. The molecule has 2 aliphatic heterocycles. The Bertz CT molecular complexity index is 878. The third-order valence-corrected chi connectivity index (χ3v) is 4.19. The van der Waals surface area contributed by atoms with Gasteiger partial charge in [0.05, 0.1) is 26.4 Å². The van der Waals surface area contributed by atoms with Crippen LogP contribution in [-0.2, 0) is 17.9 Å². The van der Waals surface area contributed by atoms with Gasteiger partial charge in [-0.05, 0) is 24.3 Å². The van der Waals surface area contributed by atoms with Crippen LogP contribution in [0.3, 0.4) is 0 Å². The molecule has 2 aliphatic rings. The van der Waals surface area contributed by atoms with E-state index in [1.165, 1.54) is 12.1 Å². The zero-order valence-electron chi connectivity index (χ0n) is 15.1. The van der Waals surface area contributed by atoms with Crippen molar-refractivity contribution in [1.29, 1.82) is 0 Å². The maximum atomic E-state index is 13.8. The zero-order valence-corrected chi connectivity index (χ0v) is 17.4. The summed E-state index contributed by atoms with van der Waals surface area (Å²) in [6.45, 7) is 1.88. The number of hydrogen-bond acceptors (Lipinski definition) is 5. The molecule has 4 rings (SSSR count). The lowest BCUT2D eigenvalue weighted by atomic mass is 10.1. The van der Waals surface area contributed by atoms with Crippen molar-refractivity contribution in [3.05, 3.63) is 47.3 Å². The number of hydrogen-bond donors (Lipinski definition) is 2. The Balaban J connectivity index is 0.00000225. The van der Waals surface area contributed by atoms with Gasteiger partial charge in [0.15, 0.2) is 24.3 Å². The van der Waals surface area contributed by atoms with E-state index in [2.05, 4.69) is 10.3 Å². The van der Waals surface area contributed by atoms with Gasteiger partial charge in [-0.3, -0.25) is 0 Å². The number of nitrogens with two attached hydrogens (primary N) is 1. The maximum Gasteiger partial charge on any atom is 0.193 e. The highest BCUT2D eigenvalue weighted by molar-refractivity contribution is 14.0. The van der Waals surface area contributed by atoms with Gasteiger partial charge in [-0.15, -0.1) is 24.0 Å². The van der Waals surface area contributed by atoms with Crippen molar-refractivity contribution < 1.29 is 23.3 Å². The van der Waals surface area contributed by atoms with Crippen molar-refractivity contribution in [3.8, 4) is 17.2 Å². The van der Waals surface area contributed by atoms with Crippen molar-refractivity contribution in [2.45, 2.75) is 19.6 Å². The summed E-state index contributed by atoms with van der Waals surface area (Å²) in [5.41, 5.74) is 8.00. The van der Waals surface area contributed by atoms with Crippen LogP contribution in [0, 0.1) is 5.82 Å². The minimum atomic E-state index is -0.359. The van der Waals surface area contributed by atoms with Crippen LogP contribution < -0.4 is 25.3 Å². The summed E-state index contributed by atoms with van der Waals surface area (Å²) in [5.74, 6) is 1.82. The summed E-state index contributed by atoms with van der Waals surface area (Å²) in [6.07, 6.45) is 0.839. The molecule has 0 spiro atoms. The molecule has 7 nitrogen and oxygen atoms in total. The van der Waals surface area contributed by atoms with Crippen molar-refractivity contribution in [2.24, 2.45) is 10.7 Å². The number of anilines is 1. The molecular formula is C19H21FIN3O4. The lowest BCUT2D eigenvalue weighted by Gasteiger charge is -2.20. The van der Waals surface area contributed by atoms with Crippen LogP contribution in [-0.4, -0.2) is 26.0 Å². The van der Waals surface area contributed by atoms with E-state index in [9.17, 15) is 4.39 Å². The predicted molar refractivity (Wildman–Crippen MR) is 113 cm³/mol. The van der Waals surface area contributed by atoms with Crippen LogP contribution in [0.15, 0.2) is 35.3 Å². The van der Waals surface area contributed by atoms with Gasteiger partial charge in [-0.25, -0.2) is 9.38 Å². The molecule has 0 fully saturated rings. The zero-order chi connectivity index (χ0) is 18.6. The van der Waals surface area contributed by atoms with Crippen LogP contribution in [0.25, 0.3) is 0 Å². The molecule has 0 unspecified atom stereocenters. The number of fused-ring (bicyclic) bond motifs is 2. The Labute approximate surface area is 179 Å². The van der Waals surface area contributed by atoms with E-state index in [1.807, 2.05) is 18.2 Å². The van der Waals surface area contributed by atoms with Crippen LogP contribution >= 0.6 is 24.0 Å². The molecule has 0 amide bonds. The van der Waals surface area contributed by atoms with Crippen molar-refractivity contribution in [3.63, 3.8) is 0 Å². The number of aliphatic imine (C=N–C) groups is 1. The smallest absolute Gasteiger partial charge is 0.193 e. The molecule has 3 N–H and O–H groups in total. The third kappa shape index (κ3) is 4.76. The first kappa shape index (κ1) is 20.5. The molecule has 0 bridgehead atoms. The Morgan fingerprint density at radius 3 is 2.79 bits per heavy atom.